The maximum absolute atomic E-state index is 11.1. The molecule has 1 saturated heterocycles. The van der Waals surface area contributed by atoms with Gasteiger partial charge < -0.3 is 15.3 Å². The van der Waals surface area contributed by atoms with Crippen molar-refractivity contribution in [3.8, 4) is 0 Å². The van der Waals surface area contributed by atoms with Crippen LogP contribution in [0.2, 0.25) is 5.02 Å². The number of rotatable bonds is 2. The zero-order valence-corrected chi connectivity index (χ0v) is 10.4. The van der Waals surface area contributed by atoms with Crippen molar-refractivity contribution in [1.29, 1.82) is 0 Å². The lowest BCUT2D eigenvalue weighted by Crippen LogP contribution is -2.40. The minimum absolute atomic E-state index is 0.148. The Kier molecular flexibility index (Phi) is 3.72. The molecule has 1 aliphatic heterocycles. The van der Waals surface area contributed by atoms with Gasteiger partial charge in [-0.15, -0.1) is 0 Å². The molecule has 0 saturated carbocycles. The van der Waals surface area contributed by atoms with Gasteiger partial charge in [-0.05, 0) is 18.6 Å². The van der Waals surface area contributed by atoms with Crippen LogP contribution in [0.3, 0.4) is 0 Å². The lowest BCUT2D eigenvalue weighted by atomic mass is 10.2. The van der Waals surface area contributed by atoms with Crippen molar-refractivity contribution >= 4 is 29.2 Å². The van der Waals surface area contributed by atoms with Gasteiger partial charge in [0, 0.05) is 19.1 Å². The van der Waals surface area contributed by atoms with Gasteiger partial charge in [0.25, 0.3) is 0 Å². The number of carboxylic acids is 1. The Bertz CT molecular complexity index is 478. The fourth-order valence-electron chi connectivity index (χ4n) is 2.05. The number of carbonyl (C=O) groups excluding carboxylic acids is 1. The average Bonchev–Trinajstić information content (AvgIpc) is 2.77. The third kappa shape index (κ3) is 2.73. The largest absolute Gasteiger partial charge is 0.474 e. The van der Waals surface area contributed by atoms with Crippen LogP contribution in [0.5, 0.6) is 0 Å². The molecule has 2 N–H and O–H groups in total. The monoisotopic (exact) mass is 268 g/mol. The van der Waals surface area contributed by atoms with Crippen molar-refractivity contribution in [2.45, 2.75) is 12.5 Å². The molecule has 1 atom stereocenters. The van der Waals surface area contributed by atoms with Gasteiger partial charge in [0.15, 0.2) is 0 Å². The number of amides is 1. The maximum Gasteiger partial charge on any atom is 0.394 e. The summed E-state index contributed by atoms with van der Waals surface area (Å²) in [7, 11) is 0. The minimum Gasteiger partial charge on any atom is -0.474 e. The smallest absolute Gasteiger partial charge is 0.394 e. The molecule has 2 rings (SSSR count). The second-order valence-electron chi connectivity index (χ2n) is 4.16. The molecule has 1 fully saturated rings. The van der Waals surface area contributed by atoms with Gasteiger partial charge >= 0.3 is 11.9 Å². The molecule has 5 nitrogen and oxygen atoms in total. The second kappa shape index (κ2) is 5.27. The quantitative estimate of drug-likeness (QED) is 0.789. The Morgan fingerprint density at radius 3 is 2.78 bits per heavy atom. The van der Waals surface area contributed by atoms with Gasteiger partial charge in [0.2, 0.25) is 0 Å². The van der Waals surface area contributed by atoms with Crippen molar-refractivity contribution in [3.63, 3.8) is 0 Å². The van der Waals surface area contributed by atoms with E-state index >= 15 is 0 Å². The molecule has 1 amide bonds. The highest BCUT2D eigenvalue weighted by Crippen LogP contribution is 2.28. The molecule has 0 spiro atoms. The molecule has 1 aromatic rings. The first-order valence-electron chi connectivity index (χ1n) is 5.61. The predicted octanol–water partition coefficient (Wildman–Crippen LogP) is 1.12. The molecular weight excluding hydrogens is 256 g/mol. The number of carbonyl (C=O) groups is 2. The fraction of sp³-hybridized carbons (Fsp3) is 0.333. The van der Waals surface area contributed by atoms with Gasteiger partial charge in [0.05, 0.1) is 10.7 Å². The van der Waals surface area contributed by atoms with Crippen LogP contribution >= 0.6 is 11.6 Å². The lowest BCUT2D eigenvalue weighted by molar-refractivity contribution is -0.150. The zero-order valence-electron chi connectivity index (χ0n) is 9.60. The number of nitrogens with one attached hydrogen (secondary N) is 1. The number of benzene rings is 1. The summed E-state index contributed by atoms with van der Waals surface area (Å²) in [5, 5.41) is 11.7. The Hall–Kier alpha value is -1.75. The Labute approximate surface area is 109 Å². The summed E-state index contributed by atoms with van der Waals surface area (Å²) >= 11 is 6.09. The molecule has 0 radical (unpaired) electrons. The molecule has 6 heteroatoms. The molecule has 1 aliphatic rings. The number of para-hydroxylation sites is 1. The van der Waals surface area contributed by atoms with E-state index in [1.807, 2.05) is 23.1 Å². The number of halogens is 1. The highest BCUT2D eigenvalue weighted by molar-refractivity contribution is 6.33. The van der Waals surface area contributed by atoms with E-state index < -0.39 is 11.9 Å². The first-order valence-corrected chi connectivity index (χ1v) is 5.99. The molecular formula is C12H13ClN2O3. The van der Waals surface area contributed by atoms with E-state index in [4.69, 9.17) is 16.7 Å². The molecule has 96 valence electrons. The topological polar surface area (TPSA) is 69.6 Å². The molecule has 18 heavy (non-hydrogen) atoms. The van der Waals surface area contributed by atoms with Crippen LogP contribution < -0.4 is 10.2 Å². The van der Waals surface area contributed by atoms with E-state index in [2.05, 4.69) is 5.32 Å². The van der Waals surface area contributed by atoms with Crippen molar-refractivity contribution in [2.75, 3.05) is 18.0 Å². The van der Waals surface area contributed by atoms with E-state index in [9.17, 15) is 9.59 Å². The van der Waals surface area contributed by atoms with E-state index in [1.54, 1.807) is 6.07 Å². The molecule has 1 unspecified atom stereocenters. The van der Waals surface area contributed by atoms with Crippen LogP contribution in [-0.4, -0.2) is 36.1 Å². The number of nitrogens with zero attached hydrogens (tertiary/aromatic N) is 1. The van der Waals surface area contributed by atoms with Crippen LogP contribution in [0.4, 0.5) is 5.69 Å². The van der Waals surface area contributed by atoms with E-state index in [0.717, 1.165) is 12.2 Å². The summed E-state index contributed by atoms with van der Waals surface area (Å²) in [6.07, 6.45) is 0.713. The Morgan fingerprint density at radius 2 is 2.11 bits per heavy atom. The number of carboxylic acid groups (broad SMARTS) is 1. The standard InChI is InChI=1S/C12H13ClN2O3/c13-9-3-1-2-4-10(9)15-6-5-8(7-15)14-11(16)12(17)18/h1-4,8H,5-7H2,(H,14,16)(H,17,18). The zero-order chi connectivity index (χ0) is 13.1. The van der Waals surface area contributed by atoms with Crippen LogP contribution in [0.1, 0.15) is 6.42 Å². The van der Waals surface area contributed by atoms with Gasteiger partial charge in [0.1, 0.15) is 0 Å². The number of hydrogen-bond acceptors (Lipinski definition) is 3. The van der Waals surface area contributed by atoms with Gasteiger partial charge in [-0.3, -0.25) is 4.79 Å². The van der Waals surface area contributed by atoms with Crippen LogP contribution in [0, 0.1) is 0 Å². The first kappa shape index (κ1) is 12.7. The summed E-state index contributed by atoms with van der Waals surface area (Å²) in [5.41, 5.74) is 0.909. The Balaban J connectivity index is 1.99. The molecule has 0 bridgehead atoms. The van der Waals surface area contributed by atoms with E-state index in [-0.39, 0.29) is 6.04 Å². The predicted molar refractivity (Wildman–Crippen MR) is 67.8 cm³/mol. The second-order valence-corrected chi connectivity index (χ2v) is 4.57. The van der Waals surface area contributed by atoms with Crippen molar-refractivity contribution < 1.29 is 14.7 Å². The number of hydrogen-bond donors (Lipinski definition) is 2. The van der Waals surface area contributed by atoms with Crippen molar-refractivity contribution in [1.82, 2.24) is 5.32 Å². The van der Waals surface area contributed by atoms with Crippen LogP contribution in [0.25, 0.3) is 0 Å². The summed E-state index contributed by atoms with van der Waals surface area (Å²) in [6.45, 7) is 1.32. The summed E-state index contributed by atoms with van der Waals surface area (Å²) < 4.78 is 0. The Morgan fingerprint density at radius 1 is 1.39 bits per heavy atom. The molecule has 0 aliphatic carbocycles. The first-order chi connectivity index (χ1) is 8.58. The highest BCUT2D eigenvalue weighted by atomic mass is 35.5. The average molecular weight is 269 g/mol. The summed E-state index contributed by atoms with van der Waals surface area (Å²) in [6, 6.07) is 7.31. The maximum atomic E-state index is 11.1. The summed E-state index contributed by atoms with van der Waals surface area (Å²) in [5.74, 6) is -2.41. The summed E-state index contributed by atoms with van der Waals surface area (Å²) in [4.78, 5) is 23.5. The minimum atomic E-state index is -1.45. The fourth-order valence-corrected chi connectivity index (χ4v) is 2.31. The lowest BCUT2D eigenvalue weighted by Gasteiger charge is -2.19. The van der Waals surface area contributed by atoms with Gasteiger partial charge in [-0.1, -0.05) is 23.7 Å². The number of anilines is 1. The van der Waals surface area contributed by atoms with Crippen molar-refractivity contribution in [2.24, 2.45) is 0 Å². The van der Waals surface area contributed by atoms with E-state index in [0.29, 0.717) is 18.0 Å². The molecule has 1 aromatic carbocycles. The van der Waals surface area contributed by atoms with Gasteiger partial charge in [-0.2, -0.15) is 0 Å². The highest BCUT2D eigenvalue weighted by Gasteiger charge is 2.26. The van der Waals surface area contributed by atoms with Gasteiger partial charge in [-0.25, -0.2) is 4.79 Å². The normalized spacial score (nSPS) is 18.7. The van der Waals surface area contributed by atoms with Crippen LogP contribution in [0.15, 0.2) is 24.3 Å². The molecule has 1 heterocycles. The third-order valence-electron chi connectivity index (χ3n) is 2.91. The number of aliphatic carboxylic acids is 1. The van der Waals surface area contributed by atoms with Crippen LogP contribution in [-0.2, 0) is 9.59 Å². The van der Waals surface area contributed by atoms with E-state index in [1.165, 1.54) is 0 Å². The molecule has 0 aromatic heterocycles. The van der Waals surface area contributed by atoms with Crippen molar-refractivity contribution in [3.05, 3.63) is 29.3 Å². The SMILES string of the molecule is O=C(O)C(=O)NC1CCN(c2ccccc2Cl)C1. The third-order valence-corrected chi connectivity index (χ3v) is 3.23.